The van der Waals surface area contributed by atoms with Crippen molar-refractivity contribution in [2.24, 2.45) is 0 Å². The number of amides is 2. The first kappa shape index (κ1) is 19.9. The molecule has 2 atom stereocenters. The molecule has 6 nitrogen and oxygen atoms in total. The molecule has 1 N–H and O–H groups in total. The van der Waals surface area contributed by atoms with Crippen molar-refractivity contribution in [3.8, 4) is 0 Å². The zero-order valence-corrected chi connectivity index (χ0v) is 16.0. The number of carbonyl (C=O) groups is 2. The molecule has 2 aromatic carbocycles. The van der Waals surface area contributed by atoms with Crippen molar-refractivity contribution in [1.82, 2.24) is 10.2 Å². The van der Waals surface area contributed by atoms with Crippen LogP contribution in [-0.2, 0) is 27.3 Å². The lowest BCUT2D eigenvalue weighted by Gasteiger charge is -2.33. The number of ether oxygens (including phenoxy) is 2. The fourth-order valence-corrected chi connectivity index (χ4v) is 3.20. The van der Waals surface area contributed by atoms with Gasteiger partial charge in [-0.05, 0) is 18.1 Å². The largest absolute Gasteiger partial charge is 0.445 e. The van der Waals surface area contributed by atoms with E-state index in [4.69, 9.17) is 9.47 Å². The Balaban J connectivity index is 1.64. The van der Waals surface area contributed by atoms with Crippen LogP contribution in [0.15, 0.2) is 60.7 Å². The minimum Gasteiger partial charge on any atom is -0.445 e. The Morgan fingerprint density at radius 3 is 2.39 bits per heavy atom. The van der Waals surface area contributed by atoms with Crippen LogP contribution in [0.1, 0.15) is 18.1 Å². The molecule has 3 rings (SSSR count). The second kappa shape index (κ2) is 9.90. The normalized spacial score (nSPS) is 17.6. The van der Waals surface area contributed by atoms with Crippen LogP contribution in [0.25, 0.3) is 0 Å². The molecule has 28 heavy (non-hydrogen) atoms. The summed E-state index contributed by atoms with van der Waals surface area (Å²) < 4.78 is 10.8. The Morgan fingerprint density at radius 1 is 1.11 bits per heavy atom. The minimum absolute atomic E-state index is 0.0138. The van der Waals surface area contributed by atoms with Gasteiger partial charge in [0, 0.05) is 19.5 Å². The van der Waals surface area contributed by atoms with Crippen LogP contribution >= 0.6 is 0 Å². The Kier molecular flexibility index (Phi) is 7.03. The maximum Gasteiger partial charge on any atom is 0.408 e. The fourth-order valence-electron chi connectivity index (χ4n) is 3.20. The maximum atomic E-state index is 13.1. The van der Waals surface area contributed by atoms with Gasteiger partial charge in [0.15, 0.2) is 0 Å². The number of morpholine rings is 1. The first-order chi connectivity index (χ1) is 13.6. The maximum absolute atomic E-state index is 13.1. The molecule has 0 unspecified atom stereocenters. The highest BCUT2D eigenvalue weighted by molar-refractivity contribution is 5.86. The third-order valence-corrected chi connectivity index (χ3v) is 4.64. The molecular formula is C22H26N2O4. The molecule has 0 radical (unpaired) electrons. The van der Waals surface area contributed by atoms with Crippen molar-refractivity contribution in [2.75, 3.05) is 19.7 Å². The van der Waals surface area contributed by atoms with Gasteiger partial charge in [-0.2, -0.15) is 0 Å². The second-order valence-corrected chi connectivity index (χ2v) is 6.91. The van der Waals surface area contributed by atoms with Gasteiger partial charge in [0.2, 0.25) is 5.91 Å². The lowest BCUT2D eigenvalue weighted by Crippen LogP contribution is -2.54. The summed E-state index contributed by atoms with van der Waals surface area (Å²) in [6, 6.07) is 18.4. The van der Waals surface area contributed by atoms with Crippen molar-refractivity contribution in [3.05, 3.63) is 71.8 Å². The van der Waals surface area contributed by atoms with Gasteiger partial charge in [-0.1, -0.05) is 60.7 Å². The standard InChI is InChI=1S/C22H26N2O4/c1-17-15-24(12-13-27-17)21(25)20(14-18-8-4-2-5-9-18)23-22(26)28-16-19-10-6-3-7-11-19/h2-11,17,20H,12-16H2,1H3,(H,23,26)/t17-,20+/m0/s1. The van der Waals surface area contributed by atoms with E-state index in [0.717, 1.165) is 11.1 Å². The van der Waals surface area contributed by atoms with Gasteiger partial charge >= 0.3 is 6.09 Å². The van der Waals surface area contributed by atoms with Crippen molar-refractivity contribution in [3.63, 3.8) is 0 Å². The molecule has 0 spiro atoms. The van der Waals surface area contributed by atoms with Gasteiger partial charge in [0.1, 0.15) is 12.6 Å². The lowest BCUT2D eigenvalue weighted by atomic mass is 10.0. The first-order valence-corrected chi connectivity index (χ1v) is 9.53. The van der Waals surface area contributed by atoms with Gasteiger partial charge < -0.3 is 19.7 Å². The van der Waals surface area contributed by atoms with Crippen molar-refractivity contribution < 1.29 is 19.1 Å². The Labute approximate surface area is 165 Å². The van der Waals surface area contributed by atoms with E-state index in [1.54, 1.807) is 4.90 Å². The Hall–Kier alpha value is -2.86. The van der Waals surface area contributed by atoms with Crippen molar-refractivity contribution in [2.45, 2.75) is 32.1 Å². The topological polar surface area (TPSA) is 67.9 Å². The van der Waals surface area contributed by atoms with E-state index < -0.39 is 12.1 Å². The van der Waals surface area contributed by atoms with E-state index in [0.29, 0.717) is 26.1 Å². The molecule has 0 aliphatic carbocycles. The second-order valence-electron chi connectivity index (χ2n) is 6.91. The van der Waals surface area contributed by atoms with Gasteiger partial charge in [-0.15, -0.1) is 0 Å². The van der Waals surface area contributed by atoms with Gasteiger partial charge in [0.25, 0.3) is 0 Å². The van der Waals surface area contributed by atoms with Crippen molar-refractivity contribution in [1.29, 1.82) is 0 Å². The summed E-state index contributed by atoms with van der Waals surface area (Å²) in [7, 11) is 0. The van der Waals surface area contributed by atoms with Crippen LogP contribution in [-0.4, -0.2) is 48.7 Å². The Morgan fingerprint density at radius 2 is 1.75 bits per heavy atom. The number of benzene rings is 2. The van der Waals surface area contributed by atoms with Gasteiger partial charge in [0.05, 0.1) is 12.7 Å². The van der Waals surface area contributed by atoms with E-state index in [1.165, 1.54) is 0 Å². The molecule has 0 aromatic heterocycles. The molecule has 6 heteroatoms. The van der Waals surface area contributed by atoms with Crippen LogP contribution < -0.4 is 5.32 Å². The summed E-state index contributed by atoms with van der Waals surface area (Å²) >= 11 is 0. The third kappa shape index (κ3) is 5.82. The van der Waals surface area contributed by atoms with E-state index in [-0.39, 0.29) is 18.6 Å². The summed E-state index contributed by atoms with van der Waals surface area (Å²) in [5.74, 6) is -0.115. The molecule has 0 bridgehead atoms. The van der Waals surface area contributed by atoms with Crippen LogP contribution in [0.2, 0.25) is 0 Å². The zero-order valence-electron chi connectivity index (χ0n) is 16.0. The van der Waals surface area contributed by atoms with Crippen molar-refractivity contribution >= 4 is 12.0 Å². The predicted molar refractivity (Wildman–Crippen MR) is 106 cm³/mol. The number of nitrogens with one attached hydrogen (secondary N) is 1. The van der Waals surface area contributed by atoms with E-state index in [9.17, 15) is 9.59 Å². The van der Waals surface area contributed by atoms with Gasteiger partial charge in [-0.3, -0.25) is 4.79 Å². The molecule has 2 amide bonds. The Bertz CT molecular complexity index is 767. The van der Waals surface area contributed by atoms with Crippen LogP contribution in [0.5, 0.6) is 0 Å². The average Bonchev–Trinajstić information content (AvgIpc) is 2.73. The van der Waals surface area contributed by atoms with Crippen LogP contribution in [0.3, 0.4) is 0 Å². The average molecular weight is 382 g/mol. The number of hydrogen-bond donors (Lipinski definition) is 1. The molecular weight excluding hydrogens is 356 g/mol. The highest BCUT2D eigenvalue weighted by Crippen LogP contribution is 2.11. The summed E-state index contributed by atoms with van der Waals surface area (Å²) in [6.45, 7) is 3.64. The fraction of sp³-hybridized carbons (Fsp3) is 0.364. The minimum atomic E-state index is -0.684. The lowest BCUT2D eigenvalue weighted by molar-refractivity contribution is -0.140. The summed E-state index contributed by atoms with van der Waals surface area (Å²) in [6.07, 6.45) is -0.203. The van der Waals surface area contributed by atoms with E-state index >= 15 is 0 Å². The number of hydrogen-bond acceptors (Lipinski definition) is 4. The molecule has 1 aliphatic rings. The zero-order chi connectivity index (χ0) is 19.8. The van der Waals surface area contributed by atoms with Gasteiger partial charge in [-0.25, -0.2) is 4.79 Å². The summed E-state index contributed by atoms with van der Waals surface area (Å²) in [5.41, 5.74) is 1.87. The predicted octanol–water partition coefficient (Wildman–Crippen LogP) is 2.77. The molecule has 2 aromatic rings. The highest BCUT2D eigenvalue weighted by Gasteiger charge is 2.29. The number of rotatable bonds is 6. The summed E-state index contributed by atoms with van der Waals surface area (Å²) in [4.78, 5) is 27.1. The smallest absolute Gasteiger partial charge is 0.408 e. The first-order valence-electron chi connectivity index (χ1n) is 9.53. The molecule has 1 saturated heterocycles. The van der Waals surface area contributed by atoms with Crippen LogP contribution in [0, 0.1) is 0 Å². The SMILES string of the molecule is C[C@H]1CN(C(=O)[C@@H](Cc2ccccc2)NC(=O)OCc2ccccc2)CCO1. The third-order valence-electron chi connectivity index (χ3n) is 4.64. The highest BCUT2D eigenvalue weighted by atomic mass is 16.5. The molecule has 0 saturated carbocycles. The molecule has 148 valence electrons. The number of alkyl carbamates (subject to hydrolysis) is 1. The molecule has 1 heterocycles. The molecule has 1 aliphatic heterocycles. The summed E-state index contributed by atoms with van der Waals surface area (Å²) in [5, 5.41) is 2.75. The quantitative estimate of drug-likeness (QED) is 0.834. The number of nitrogens with zero attached hydrogens (tertiary/aromatic N) is 1. The number of carbonyl (C=O) groups excluding carboxylic acids is 2. The monoisotopic (exact) mass is 382 g/mol. The molecule has 1 fully saturated rings. The van der Waals surface area contributed by atoms with E-state index in [2.05, 4.69) is 5.32 Å². The van der Waals surface area contributed by atoms with E-state index in [1.807, 2.05) is 67.6 Å². The van der Waals surface area contributed by atoms with Crippen LogP contribution in [0.4, 0.5) is 4.79 Å².